The van der Waals surface area contributed by atoms with Crippen molar-refractivity contribution >= 4 is 16.3 Å². The first kappa shape index (κ1) is 15.1. The van der Waals surface area contributed by atoms with Crippen LogP contribution in [0, 0.1) is 0 Å². The first-order valence-electron chi connectivity index (χ1n) is 5.17. The second-order valence-corrected chi connectivity index (χ2v) is 4.57. The SMILES string of the molecule is COCCOc1ccccc1OS(=O)(=O)NC(N)=O. The molecule has 0 aliphatic carbocycles. The number of urea groups is 1. The number of rotatable bonds is 7. The maximum Gasteiger partial charge on any atom is 0.411 e. The first-order chi connectivity index (χ1) is 8.94. The third-order valence-corrected chi connectivity index (χ3v) is 2.67. The fraction of sp³-hybridized carbons (Fsp3) is 0.300. The molecule has 106 valence electrons. The second kappa shape index (κ2) is 6.81. The predicted octanol–water partition coefficient (Wildman–Crippen LogP) is 0.00370. The highest BCUT2D eigenvalue weighted by Gasteiger charge is 2.17. The fourth-order valence-corrected chi connectivity index (χ4v) is 1.80. The molecule has 8 nitrogen and oxygen atoms in total. The van der Waals surface area contributed by atoms with Crippen LogP contribution in [0.5, 0.6) is 11.5 Å². The minimum atomic E-state index is -4.32. The molecular formula is C10H14N2O6S. The molecule has 1 aromatic rings. The van der Waals surface area contributed by atoms with Gasteiger partial charge in [-0.25, -0.2) is 9.52 Å². The molecule has 0 atom stereocenters. The third-order valence-electron chi connectivity index (χ3n) is 1.82. The molecule has 0 radical (unpaired) electrons. The van der Waals surface area contributed by atoms with E-state index < -0.39 is 16.3 Å². The first-order valence-corrected chi connectivity index (χ1v) is 6.58. The monoisotopic (exact) mass is 290 g/mol. The van der Waals surface area contributed by atoms with Crippen LogP contribution in [0.15, 0.2) is 24.3 Å². The lowest BCUT2D eigenvalue weighted by atomic mass is 10.3. The molecule has 1 rings (SSSR count). The average molecular weight is 290 g/mol. The molecule has 2 amide bonds. The van der Waals surface area contributed by atoms with E-state index >= 15 is 0 Å². The van der Waals surface area contributed by atoms with Crippen molar-refractivity contribution in [2.24, 2.45) is 5.73 Å². The maximum atomic E-state index is 11.4. The predicted molar refractivity (Wildman–Crippen MR) is 66.1 cm³/mol. The van der Waals surface area contributed by atoms with Gasteiger partial charge >= 0.3 is 16.3 Å². The Balaban J connectivity index is 2.80. The lowest BCUT2D eigenvalue weighted by Crippen LogP contribution is -2.37. The van der Waals surface area contributed by atoms with Gasteiger partial charge in [0.2, 0.25) is 0 Å². The van der Waals surface area contributed by atoms with Gasteiger partial charge in [0.05, 0.1) is 6.61 Å². The van der Waals surface area contributed by atoms with Crippen molar-refractivity contribution in [1.29, 1.82) is 0 Å². The summed E-state index contributed by atoms with van der Waals surface area (Å²) in [5, 5.41) is 0. The van der Waals surface area contributed by atoms with Crippen molar-refractivity contribution in [2.75, 3.05) is 20.3 Å². The Morgan fingerprint density at radius 2 is 1.89 bits per heavy atom. The molecule has 0 saturated carbocycles. The molecule has 0 aliphatic heterocycles. The van der Waals surface area contributed by atoms with E-state index in [9.17, 15) is 13.2 Å². The Kier molecular flexibility index (Phi) is 5.39. The smallest absolute Gasteiger partial charge is 0.411 e. The Labute approximate surface area is 110 Å². The minimum Gasteiger partial charge on any atom is -0.487 e. The van der Waals surface area contributed by atoms with Crippen LogP contribution in [0.25, 0.3) is 0 Å². The average Bonchev–Trinajstić information content (AvgIpc) is 2.29. The zero-order valence-electron chi connectivity index (χ0n) is 10.2. The molecule has 0 aliphatic rings. The van der Waals surface area contributed by atoms with E-state index in [0.717, 1.165) is 0 Å². The van der Waals surface area contributed by atoms with Gasteiger partial charge in [0.1, 0.15) is 6.61 Å². The summed E-state index contributed by atoms with van der Waals surface area (Å²) in [6, 6.07) is 4.85. The fourth-order valence-electron chi connectivity index (χ4n) is 1.14. The molecule has 19 heavy (non-hydrogen) atoms. The number of benzene rings is 1. The number of hydrogen-bond donors (Lipinski definition) is 2. The van der Waals surface area contributed by atoms with E-state index in [1.54, 1.807) is 12.1 Å². The van der Waals surface area contributed by atoms with Crippen molar-refractivity contribution in [3.05, 3.63) is 24.3 Å². The van der Waals surface area contributed by atoms with E-state index in [1.807, 2.05) is 0 Å². The Bertz CT molecular complexity index is 531. The number of para-hydroxylation sites is 2. The lowest BCUT2D eigenvalue weighted by Gasteiger charge is -2.11. The molecule has 0 spiro atoms. The van der Waals surface area contributed by atoms with Gasteiger partial charge in [0.25, 0.3) is 0 Å². The molecular weight excluding hydrogens is 276 g/mol. The largest absolute Gasteiger partial charge is 0.487 e. The standard InChI is InChI=1S/C10H14N2O6S/c1-16-6-7-17-8-4-2-3-5-9(8)18-19(14,15)12-10(11)13/h2-5H,6-7H2,1H3,(H3,11,12,13). The van der Waals surface area contributed by atoms with E-state index in [4.69, 9.17) is 15.2 Å². The van der Waals surface area contributed by atoms with Crippen molar-refractivity contribution in [3.8, 4) is 11.5 Å². The molecule has 0 bridgehead atoms. The number of carbonyl (C=O) groups is 1. The molecule has 0 unspecified atom stereocenters. The number of amides is 2. The van der Waals surface area contributed by atoms with Crippen molar-refractivity contribution < 1.29 is 26.9 Å². The molecule has 3 N–H and O–H groups in total. The van der Waals surface area contributed by atoms with Crippen molar-refractivity contribution in [3.63, 3.8) is 0 Å². The number of methoxy groups -OCH3 is 1. The van der Waals surface area contributed by atoms with Gasteiger partial charge in [-0.05, 0) is 12.1 Å². The van der Waals surface area contributed by atoms with Crippen LogP contribution in [0.4, 0.5) is 4.79 Å². The van der Waals surface area contributed by atoms with Crippen LogP contribution in [-0.4, -0.2) is 34.8 Å². The van der Waals surface area contributed by atoms with Gasteiger partial charge in [-0.2, -0.15) is 8.42 Å². The zero-order chi connectivity index (χ0) is 14.3. The van der Waals surface area contributed by atoms with E-state index in [2.05, 4.69) is 4.18 Å². The normalized spacial score (nSPS) is 10.8. The van der Waals surface area contributed by atoms with Crippen LogP contribution < -0.4 is 19.4 Å². The molecule has 0 saturated heterocycles. The van der Waals surface area contributed by atoms with Gasteiger partial charge in [-0.1, -0.05) is 12.1 Å². The van der Waals surface area contributed by atoms with E-state index in [-0.39, 0.29) is 18.1 Å². The maximum absolute atomic E-state index is 11.4. The van der Waals surface area contributed by atoms with Crippen LogP contribution in [0.3, 0.4) is 0 Å². The van der Waals surface area contributed by atoms with E-state index in [1.165, 1.54) is 24.0 Å². The van der Waals surface area contributed by atoms with Crippen LogP contribution >= 0.6 is 0 Å². The third kappa shape index (κ3) is 5.44. The minimum absolute atomic E-state index is 0.0626. The molecule has 9 heteroatoms. The van der Waals surface area contributed by atoms with E-state index in [0.29, 0.717) is 6.61 Å². The van der Waals surface area contributed by atoms with Gasteiger partial charge in [-0.15, -0.1) is 0 Å². The Morgan fingerprint density at radius 3 is 2.47 bits per heavy atom. The lowest BCUT2D eigenvalue weighted by molar-refractivity contribution is 0.145. The summed E-state index contributed by atoms with van der Waals surface area (Å²) >= 11 is 0. The van der Waals surface area contributed by atoms with Crippen LogP contribution in [-0.2, 0) is 15.0 Å². The topological polar surface area (TPSA) is 117 Å². The van der Waals surface area contributed by atoms with Crippen LogP contribution in [0.2, 0.25) is 0 Å². The summed E-state index contributed by atoms with van der Waals surface area (Å²) in [7, 11) is -2.82. The number of primary amides is 1. The van der Waals surface area contributed by atoms with Gasteiger partial charge < -0.3 is 19.4 Å². The summed E-state index contributed by atoms with van der Waals surface area (Å²) in [6.07, 6.45) is 0. The number of nitrogens with one attached hydrogen (secondary N) is 1. The zero-order valence-corrected chi connectivity index (χ0v) is 11.0. The Morgan fingerprint density at radius 1 is 1.26 bits per heavy atom. The summed E-state index contributed by atoms with van der Waals surface area (Å²) in [5.41, 5.74) is 4.71. The molecule has 0 aromatic heterocycles. The number of hydrogen-bond acceptors (Lipinski definition) is 6. The van der Waals surface area contributed by atoms with Gasteiger partial charge in [0.15, 0.2) is 11.5 Å². The quantitative estimate of drug-likeness (QED) is 0.683. The highest BCUT2D eigenvalue weighted by Crippen LogP contribution is 2.27. The van der Waals surface area contributed by atoms with Gasteiger partial charge in [-0.3, -0.25) is 0 Å². The Hall–Kier alpha value is -2.00. The highest BCUT2D eigenvalue weighted by molar-refractivity contribution is 7.85. The highest BCUT2D eigenvalue weighted by atomic mass is 32.2. The van der Waals surface area contributed by atoms with Crippen LogP contribution in [0.1, 0.15) is 0 Å². The number of carbonyl (C=O) groups excluding carboxylic acids is 1. The van der Waals surface area contributed by atoms with Crippen molar-refractivity contribution in [1.82, 2.24) is 4.72 Å². The number of nitrogens with two attached hydrogens (primary N) is 1. The summed E-state index contributed by atoms with van der Waals surface area (Å²) < 4.78 is 39.0. The molecule has 0 fully saturated rings. The van der Waals surface area contributed by atoms with Crippen molar-refractivity contribution in [2.45, 2.75) is 0 Å². The second-order valence-electron chi connectivity index (χ2n) is 3.29. The van der Waals surface area contributed by atoms with Gasteiger partial charge in [0, 0.05) is 7.11 Å². The summed E-state index contributed by atoms with van der Waals surface area (Å²) in [4.78, 5) is 10.5. The molecule has 1 aromatic carbocycles. The molecule has 0 heterocycles. The number of ether oxygens (including phenoxy) is 2. The summed E-state index contributed by atoms with van der Waals surface area (Å²) in [6.45, 7) is 0.556. The summed E-state index contributed by atoms with van der Waals surface area (Å²) in [5.74, 6) is 0.141.